The summed E-state index contributed by atoms with van der Waals surface area (Å²) >= 11 is 0. The predicted octanol–water partition coefficient (Wildman–Crippen LogP) is 4.62. The summed E-state index contributed by atoms with van der Waals surface area (Å²) in [7, 11) is 0. The van der Waals surface area contributed by atoms with Crippen LogP contribution in [-0.4, -0.2) is 12.1 Å². The first-order valence-corrected chi connectivity index (χ1v) is 7.67. The van der Waals surface area contributed by atoms with Crippen LogP contribution in [0.3, 0.4) is 0 Å². The minimum absolute atomic E-state index is 0.276. The van der Waals surface area contributed by atoms with Crippen LogP contribution in [0, 0.1) is 17.8 Å². The van der Waals surface area contributed by atoms with E-state index in [9.17, 15) is 0 Å². The maximum absolute atomic E-state index is 3.71. The Morgan fingerprint density at radius 3 is 2.24 bits per heavy atom. The molecule has 1 N–H and O–H groups in total. The first-order chi connectivity index (χ1) is 7.92. The van der Waals surface area contributed by atoms with Crippen molar-refractivity contribution < 1.29 is 0 Å². The van der Waals surface area contributed by atoms with Crippen LogP contribution in [0.1, 0.15) is 73.1 Å². The van der Waals surface area contributed by atoms with Gasteiger partial charge in [0.1, 0.15) is 0 Å². The lowest BCUT2D eigenvalue weighted by Crippen LogP contribution is -2.41. The Labute approximate surface area is 109 Å². The fourth-order valence-corrected chi connectivity index (χ4v) is 2.98. The number of hydrogen-bond acceptors (Lipinski definition) is 1. The van der Waals surface area contributed by atoms with Gasteiger partial charge in [-0.3, -0.25) is 0 Å². The second kappa shape index (κ2) is 6.78. The lowest BCUT2D eigenvalue weighted by molar-refractivity contribution is 0.183. The van der Waals surface area contributed by atoms with Crippen LogP contribution in [0.25, 0.3) is 0 Å². The van der Waals surface area contributed by atoms with Crippen molar-refractivity contribution in [2.24, 2.45) is 17.8 Å². The van der Waals surface area contributed by atoms with E-state index in [0.29, 0.717) is 0 Å². The molecule has 0 aromatic carbocycles. The number of nitrogens with one attached hydrogen (secondary N) is 1. The molecule has 0 aromatic rings. The van der Waals surface area contributed by atoms with E-state index < -0.39 is 0 Å². The summed E-state index contributed by atoms with van der Waals surface area (Å²) in [6, 6.07) is 0. The molecular formula is C16H33N. The highest BCUT2D eigenvalue weighted by Gasteiger charge is 2.26. The van der Waals surface area contributed by atoms with Crippen molar-refractivity contribution in [2.45, 2.75) is 78.7 Å². The summed E-state index contributed by atoms with van der Waals surface area (Å²) in [5.41, 5.74) is 0.276. The van der Waals surface area contributed by atoms with Crippen molar-refractivity contribution in [1.82, 2.24) is 5.32 Å². The standard InChI is InChI=1S/C16H33N/c1-6-13(2)11-14-9-7-8-10-15(14)12-17-16(3,4)5/h13-15,17H,6-12H2,1-5H3. The van der Waals surface area contributed by atoms with Crippen LogP contribution < -0.4 is 5.32 Å². The van der Waals surface area contributed by atoms with E-state index >= 15 is 0 Å². The zero-order valence-electron chi connectivity index (χ0n) is 12.7. The van der Waals surface area contributed by atoms with Crippen LogP contribution in [0.15, 0.2) is 0 Å². The quantitative estimate of drug-likeness (QED) is 0.738. The lowest BCUT2D eigenvalue weighted by atomic mass is 9.74. The normalized spacial score (nSPS) is 28.1. The minimum atomic E-state index is 0.276. The molecule has 1 rings (SSSR count). The largest absolute Gasteiger partial charge is 0.312 e. The van der Waals surface area contributed by atoms with Gasteiger partial charge in [0, 0.05) is 5.54 Å². The van der Waals surface area contributed by atoms with Crippen molar-refractivity contribution in [2.75, 3.05) is 6.54 Å². The third-order valence-corrected chi connectivity index (χ3v) is 4.36. The molecule has 102 valence electrons. The van der Waals surface area contributed by atoms with Crippen molar-refractivity contribution >= 4 is 0 Å². The van der Waals surface area contributed by atoms with Crippen LogP contribution in [-0.2, 0) is 0 Å². The maximum atomic E-state index is 3.71. The average molecular weight is 239 g/mol. The second-order valence-corrected chi connectivity index (χ2v) is 7.18. The molecular weight excluding hydrogens is 206 g/mol. The SMILES string of the molecule is CCC(C)CC1CCCCC1CNC(C)(C)C. The molecule has 3 unspecified atom stereocenters. The molecule has 1 heteroatoms. The Balaban J connectivity index is 2.42. The molecule has 1 aliphatic rings. The topological polar surface area (TPSA) is 12.0 Å². The molecule has 0 spiro atoms. The lowest BCUT2D eigenvalue weighted by Gasteiger charge is -2.35. The van der Waals surface area contributed by atoms with E-state index in [-0.39, 0.29) is 5.54 Å². The molecule has 17 heavy (non-hydrogen) atoms. The summed E-state index contributed by atoms with van der Waals surface area (Å²) in [5, 5.41) is 3.71. The van der Waals surface area contributed by atoms with Crippen LogP contribution in [0.4, 0.5) is 0 Å². The second-order valence-electron chi connectivity index (χ2n) is 7.18. The Morgan fingerprint density at radius 2 is 1.71 bits per heavy atom. The van der Waals surface area contributed by atoms with Crippen LogP contribution >= 0.6 is 0 Å². The summed E-state index contributed by atoms with van der Waals surface area (Å²) < 4.78 is 0. The first kappa shape index (κ1) is 15.0. The Hall–Kier alpha value is -0.0400. The molecule has 0 amide bonds. The van der Waals surface area contributed by atoms with Gasteiger partial charge in [0.05, 0.1) is 0 Å². The minimum Gasteiger partial charge on any atom is -0.312 e. The summed E-state index contributed by atoms with van der Waals surface area (Å²) in [6.45, 7) is 12.8. The van der Waals surface area contributed by atoms with Crippen LogP contribution in [0.2, 0.25) is 0 Å². The first-order valence-electron chi connectivity index (χ1n) is 7.67. The molecule has 1 fully saturated rings. The van der Waals surface area contributed by atoms with Gasteiger partial charge in [-0.05, 0) is 57.9 Å². The van der Waals surface area contributed by atoms with E-state index in [1.165, 1.54) is 45.1 Å². The van der Waals surface area contributed by atoms with Crippen molar-refractivity contribution in [3.63, 3.8) is 0 Å². The molecule has 0 saturated heterocycles. The fourth-order valence-electron chi connectivity index (χ4n) is 2.98. The smallest absolute Gasteiger partial charge is 0.00966 e. The summed E-state index contributed by atoms with van der Waals surface area (Å²) in [4.78, 5) is 0. The zero-order chi connectivity index (χ0) is 12.9. The Morgan fingerprint density at radius 1 is 1.12 bits per heavy atom. The Bertz CT molecular complexity index is 204. The van der Waals surface area contributed by atoms with Crippen LogP contribution in [0.5, 0.6) is 0 Å². The summed E-state index contributed by atoms with van der Waals surface area (Å²) in [5.74, 6) is 2.82. The summed E-state index contributed by atoms with van der Waals surface area (Å²) in [6.07, 6.45) is 8.63. The molecule has 0 bridgehead atoms. The van der Waals surface area contributed by atoms with Gasteiger partial charge in [0.2, 0.25) is 0 Å². The zero-order valence-corrected chi connectivity index (χ0v) is 12.7. The highest BCUT2D eigenvalue weighted by atomic mass is 14.9. The third-order valence-electron chi connectivity index (χ3n) is 4.36. The van der Waals surface area contributed by atoms with E-state index in [1.54, 1.807) is 0 Å². The highest BCUT2D eigenvalue weighted by molar-refractivity contribution is 4.81. The molecule has 1 saturated carbocycles. The fraction of sp³-hybridized carbons (Fsp3) is 1.00. The number of hydrogen-bond donors (Lipinski definition) is 1. The van der Waals surface area contributed by atoms with E-state index in [0.717, 1.165) is 17.8 Å². The number of rotatable bonds is 5. The molecule has 1 nitrogen and oxygen atoms in total. The van der Waals surface area contributed by atoms with Gasteiger partial charge in [-0.25, -0.2) is 0 Å². The molecule has 1 aliphatic carbocycles. The van der Waals surface area contributed by atoms with Crippen molar-refractivity contribution in [1.29, 1.82) is 0 Å². The highest BCUT2D eigenvalue weighted by Crippen LogP contribution is 2.34. The van der Waals surface area contributed by atoms with Crippen molar-refractivity contribution in [3.8, 4) is 0 Å². The van der Waals surface area contributed by atoms with Gasteiger partial charge in [0.15, 0.2) is 0 Å². The average Bonchev–Trinajstić information content (AvgIpc) is 2.26. The van der Waals surface area contributed by atoms with E-state index in [1.807, 2.05) is 0 Å². The molecule has 0 heterocycles. The molecule has 3 atom stereocenters. The van der Waals surface area contributed by atoms with Gasteiger partial charge in [-0.15, -0.1) is 0 Å². The maximum Gasteiger partial charge on any atom is 0.00966 e. The Kier molecular flexibility index (Phi) is 5.99. The van der Waals surface area contributed by atoms with Gasteiger partial charge in [0.25, 0.3) is 0 Å². The molecule has 0 radical (unpaired) electrons. The van der Waals surface area contributed by atoms with Gasteiger partial charge in [-0.2, -0.15) is 0 Å². The van der Waals surface area contributed by atoms with E-state index in [4.69, 9.17) is 0 Å². The predicted molar refractivity (Wildman–Crippen MR) is 77.3 cm³/mol. The van der Waals surface area contributed by atoms with Gasteiger partial charge < -0.3 is 5.32 Å². The molecule has 0 aliphatic heterocycles. The molecule has 0 aromatic heterocycles. The van der Waals surface area contributed by atoms with Gasteiger partial charge in [-0.1, -0.05) is 39.5 Å². The monoisotopic (exact) mass is 239 g/mol. The third kappa shape index (κ3) is 5.90. The van der Waals surface area contributed by atoms with Gasteiger partial charge >= 0.3 is 0 Å². The van der Waals surface area contributed by atoms with E-state index in [2.05, 4.69) is 39.9 Å². The van der Waals surface area contributed by atoms with Crippen molar-refractivity contribution in [3.05, 3.63) is 0 Å².